The molecule has 7 heteroatoms. The number of aliphatic imine (C=N–C) groups is 1. The van der Waals surface area contributed by atoms with Gasteiger partial charge in [-0.3, -0.25) is 14.7 Å². The molecule has 1 amide bonds. The van der Waals surface area contributed by atoms with Crippen LogP contribution in [0.2, 0.25) is 0 Å². The molecule has 0 aromatic heterocycles. The summed E-state index contributed by atoms with van der Waals surface area (Å²) in [4.78, 5) is 18.6. The number of halogens is 1. The third kappa shape index (κ3) is 9.73. The van der Waals surface area contributed by atoms with Gasteiger partial charge in [0.05, 0.1) is 6.54 Å². The lowest BCUT2D eigenvalue weighted by atomic mass is 10.1. The Morgan fingerprint density at radius 2 is 1.64 bits per heavy atom. The van der Waals surface area contributed by atoms with Crippen LogP contribution < -0.4 is 16.0 Å². The molecular formula is C21H36IN5O. The van der Waals surface area contributed by atoms with E-state index in [9.17, 15) is 4.79 Å². The summed E-state index contributed by atoms with van der Waals surface area (Å²) in [5, 5.41) is 9.22. The molecule has 6 nitrogen and oxygen atoms in total. The van der Waals surface area contributed by atoms with Crippen molar-refractivity contribution in [3.63, 3.8) is 0 Å². The van der Waals surface area contributed by atoms with Crippen LogP contribution in [0.5, 0.6) is 0 Å². The number of benzene rings is 1. The first kappa shape index (κ1) is 24.7. The Morgan fingerprint density at radius 1 is 1.04 bits per heavy atom. The second-order valence-electron chi connectivity index (χ2n) is 8.23. The quantitative estimate of drug-likeness (QED) is 0.319. The average Bonchev–Trinajstić information content (AvgIpc) is 2.62. The number of amides is 1. The molecule has 0 aliphatic carbocycles. The van der Waals surface area contributed by atoms with E-state index < -0.39 is 0 Å². The number of hydrogen-bond acceptors (Lipinski definition) is 3. The molecule has 0 unspecified atom stereocenters. The smallest absolute Gasteiger partial charge is 0.239 e. The Kier molecular flexibility index (Phi) is 10.8. The van der Waals surface area contributed by atoms with Crippen molar-refractivity contribution < 1.29 is 4.79 Å². The number of nitrogens with zero attached hydrogens (tertiary/aromatic N) is 2. The summed E-state index contributed by atoms with van der Waals surface area (Å²) in [5.74, 6) is 0.573. The number of guanidine groups is 1. The number of rotatable bonds is 6. The maximum absolute atomic E-state index is 11.9. The zero-order chi connectivity index (χ0) is 19.7. The minimum Gasteiger partial charge on any atom is -0.352 e. The molecule has 3 N–H and O–H groups in total. The van der Waals surface area contributed by atoms with Crippen molar-refractivity contribution in [2.45, 2.75) is 58.7 Å². The van der Waals surface area contributed by atoms with E-state index in [1.165, 1.54) is 43.5 Å². The summed E-state index contributed by atoms with van der Waals surface area (Å²) in [7, 11) is 1.71. The van der Waals surface area contributed by atoms with Crippen molar-refractivity contribution in [3.8, 4) is 0 Å². The molecule has 158 valence electrons. The highest BCUT2D eigenvalue weighted by atomic mass is 127. The van der Waals surface area contributed by atoms with Crippen molar-refractivity contribution in [1.82, 2.24) is 20.9 Å². The van der Waals surface area contributed by atoms with E-state index in [0.29, 0.717) is 12.5 Å². The van der Waals surface area contributed by atoms with E-state index in [1.807, 2.05) is 20.8 Å². The first-order chi connectivity index (χ1) is 12.9. The standard InChI is InChI=1S/C21H35N5O.HI/c1-21(2,3)25-19(27)15-24-20(22-4)23-14-17-8-10-18(11-9-17)16-26-12-6-5-7-13-26;/h8-11H,5-7,12-16H2,1-4H3,(H,25,27)(H2,22,23,24);1H. The van der Waals surface area contributed by atoms with Crippen LogP contribution in [0.25, 0.3) is 0 Å². The van der Waals surface area contributed by atoms with E-state index in [-0.39, 0.29) is 42.0 Å². The lowest BCUT2D eigenvalue weighted by Gasteiger charge is -2.26. The Morgan fingerprint density at radius 3 is 2.21 bits per heavy atom. The molecule has 2 rings (SSSR count). The number of carbonyl (C=O) groups is 1. The Labute approximate surface area is 187 Å². The highest BCUT2D eigenvalue weighted by Crippen LogP contribution is 2.13. The predicted octanol–water partition coefficient (Wildman–Crippen LogP) is 2.87. The fourth-order valence-electron chi connectivity index (χ4n) is 3.17. The molecule has 0 radical (unpaired) electrons. The molecule has 0 bridgehead atoms. The fourth-order valence-corrected chi connectivity index (χ4v) is 3.17. The van der Waals surface area contributed by atoms with E-state index in [2.05, 4.69) is 50.1 Å². The highest BCUT2D eigenvalue weighted by Gasteiger charge is 2.13. The monoisotopic (exact) mass is 501 g/mol. The maximum Gasteiger partial charge on any atom is 0.239 e. The summed E-state index contributed by atoms with van der Waals surface area (Å²) in [5.41, 5.74) is 2.33. The zero-order valence-corrected chi connectivity index (χ0v) is 20.0. The van der Waals surface area contributed by atoms with Crippen molar-refractivity contribution in [1.29, 1.82) is 0 Å². The largest absolute Gasteiger partial charge is 0.352 e. The van der Waals surface area contributed by atoms with Gasteiger partial charge in [-0.2, -0.15) is 0 Å². The van der Waals surface area contributed by atoms with Gasteiger partial charge in [0.1, 0.15) is 0 Å². The maximum atomic E-state index is 11.9. The van der Waals surface area contributed by atoms with Gasteiger partial charge >= 0.3 is 0 Å². The van der Waals surface area contributed by atoms with Crippen molar-refractivity contribution in [2.24, 2.45) is 4.99 Å². The SMILES string of the molecule is CN=C(NCC(=O)NC(C)(C)C)NCc1ccc(CN2CCCCC2)cc1.I. The molecular weight excluding hydrogens is 465 g/mol. The Hall–Kier alpha value is -1.35. The van der Waals surface area contributed by atoms with Crippen LogP contribution in [0, 0.1) is 0 Å². The van der Waals surface area contributed by atoms with Gasteiger partial charge in [0, 0.05) is 25.7 Å². The summed E-state index contributed by atoms with van der Waals surface area (Å²) in [6, 6.07) is 8.73. The molecule has 28 heavy (non-hydrogen) atoms. The Balaban J connectivity index is 0.00000392. The molecule has 1 aromatic carbocycles. The molecule has 1 aliphatic heterocycles. The van der Waals surface area contributed by atoms with E-state index in [0.717, 1.165) is 6.54 Å². The van der Waals surface area contributed by atoms with Gasteiger partial charge in [-0.1, -0.05) is 30.7 Å². The molecule has 0 saturated carbocycles. The summed E-state index contributed by atoms with van der Waals surface area (Å²) < 4.78 is 0. The molecule has 1 saturated heterocycles. The van der Waals surface area contributed by atoms with Crippen LogP contribution in [0.4, 0.5) is 0 Å². The third-order valence-corrected chi connectivity index (χ3v) is 4.49. The molecule has 1 fully saturated rings. The highest BCUT2D eigenvalue weighted by molar-refractivity contribution is 14.0. The minimum atomic E-state index is -0.231. The average molecular weight is 501 g/mol. The van der Waals surface area contributed by atoms with Crippen LogP contribution in [0.15, 0.2) is 29.3 Å². The number of hydrogen-bond donors (Lipinski definition) is 3. The van der Waals surface area contributed by atoms with Crippen LogP contribution >= 0.6 is 24.0 Å². The lowest BCUT2D eigenvalue weighted by Crippen LogP contribution is -2.48. The predicted molar refractivity (Wildman–Crippen MR) is 127 cm³/mol. The lowest BCUT2D eigenvalue weighted by molar-refractivity contribution is -0.121. The molecule has 0 spiro atoms. The van der Waals surface area contributed by atoms with Gasteiger partial charge in [-0.15, -0.1) is 24.0 Å². The fraction of sp³-hybridized carbons (Fsp3) is 0.619. The minimum absolute atomic E-state index is 0. The van der Waals surface area contributed by atoms with Crippen LogP contribution in [-0.2, 0) is 17.9 Å². The second kappa shape index (κ2) is 12.3. The third-order valence-electron chi connectivity index (χ3n) is 4.49. The number of likely N-dealkylation sites (tertiary alicyclic amines) is 1. The van der Waals surface area contributed by atoms with Gasteiger partial charge in [0.25, 0.3) is 0 Å². The van der Waals surface area contributed by atoms with E-state index >= 15 is 0 Å². The van der Waals surface area contributed by atoms with Crippen molar-refractivity contribution in [2.75, 3.05) is 26.7 Å². The van der Waals surface area contributed by atoms with Gasteiger partial charge in [-0.25, -0.2) is 0 Å². The first-order valence-electron chi connectivity index (χ1n) is 9.91. The van der Waals surface area contributed by atoms with Crippen LogP contribution in [0.1, 0.15) is 51.2 Å². The van der Waals surface area contributed by atoms with E-state index in [4.69, 9.17) is 0 Å². The Bertz CT molecular complexity index is 619. The van der Waals surface area contributed by atoms with Gasteiger partial charge < -0.3 is 16.0 Å². The topological polar surface area (TPSA) is 68.8 Å². The second-order valence-corrected chi connectivity index (χ2v) is 8.23. The van der Waals surface area contributed by atoms with Gasteiger partial charge in [-0.05, 0) is 57.8 Å². The molecule has 1 heterocycles. The van der Waals surface area contributed by atoms with Crippen molar-refractivity contribution in [3.05, 3.63) is 35.4 Å². The number of carbonyl (C=O) groups excluding carboxylic acids is 1. The molecule has 1 aliphatic rings. The van der Waals surface area contributed by atoms with Crippen LogP contribution in [0.3, 0.4) is 0 Å². The summed E-state index contributed by atoms with van der Waals surface area (Å²) in [6.45, 7) is 10.2. The first-order valence-corrected chi connectivity index (χ1v) is 9.91. The molecule has 0 atom stereocenters. The zero-order valence-electron chi connectivity index (χ0n) is 17.7. The van der Waals surface area contributed by atoms with Gasteiger partial charge in [0.15, 0.2) is 5.96 Å². The summed E-state index contributed by atoms with van der Waals surface area (Å²) >= 11 is 0. The van der Waals surface area contributed by atoms with Gasteiger partial charge in [0.2, 0.25) is 5.91 Å². The number of piperidine rings is 1. The normalized spacial score (nSPS) is 15.5. The van der Waals surface area contributed by atoms with Crippen molar-refractivity contribution >= 4 is 35.8 Å². The summed E-state index contributed by atoms with van der Waals surface area (Å²) in [6.07, 6.45) is 4.01. The van der Waals surface area contributed by atoms with Crippen LogP contribution in [-0.4, -0.2) is 49.0 Å². The molecule has 1 aromatic rings. The van der Waals surface area contributed by atoms with E-state index in [1.54, 1.807) is 7.05 Å². The number of nitrogens with one attached hydrogen (secondary N) is 3.